The maximum Gasteiger partial charge on any atom is 0.0663 e. The van der Waals surface area contributed by atoms with E-state index in [0.717, 1.165) is 12.8 Å². The van der Waals surface area contributed by atoms with Crippen LogP contribution in [0.15, 0.2) is 0 Å². The van der Waals surface area contributed by atoms with Gasteiger partial charge in [0, 0.05) is 6.04 Å². The summed E-state index contributed by atoms with van der Waals surface area (Å²) in [6, 6.07) is -0.0463. The molecule has 1 unspecified atom stereocenters. The van der Waals surface area contributed by atoms with Crippen molar-refractivity contribution in [2.75, 3.05) is 0 Å². The molecule has 0 bridgehead atoms. The van der Waals surface area contributed by atoms with Crippen molar-refractivity contribution < 1.29 is 5.11 Å². The van der Waals surface area contributed by atoms with Gasteiger partial charge < -0.3 is 10.8 Å². The van der Waals surface area contributed by atoms with Gasteiger partial charge in [-0.1, -0.05) is 20.3 Å². The summed E-state index contributed by atoms with van der Waals surface area (Å²) in [5.74, 6) is 0.629. The fraction of sp³-hybridized carbons (Fsp3) is 1.00. The van der Waals surface area contributed by atoms with Crippen LogP contribution < -0.4 is 5.73 Å². The minimum absolute atomic E-state index is 0.0463. The Morgan fingerprint density at radius 2 is 1.90 bits per heavy atom. The topological polar surface area (TPSA) is 46.2 Å². The van der Waals surface area contributed by atoms with Crippen LogP contribution in [0.3, 0.4) is 0 Å². The molecule has 0 saturated carbocycles. The molecule has 0 amide bonds. The van der Waals surface area contributed by atoms with Crippen molar-refractivity contribution in [2.45, 2.75) is 45.8 Å². The number of nitrogens with two attached hydrogens (primary N) is 1. The summed E-state index contributed by atoms with van der Waals surface area (Å²) < 4.78 is 0. The maximum absolute atomic E-state index is 9.04. The van der Waals surface area contributed by atoms with E-state index in [4.69, 9.17) is 10.8 Å². The monoisotopic (exact) mass is 145 g/mol. The van der Waals surface area contributed by atoms with Crippen LogP contribution in [0.25, 0.3) is 0 Å². The van der Waals surface area contributed by atoms with E-state index in [2.05, 4.69) is 13.8 Å². The molecule has 0 aliphatic rings. The number of hydrogen-bond donors (Lipinski definition) is 2. The van der Waals surface area contributed by atoms with Crippen LogP contribution >= 0.6 is 0 Å². The molecule has 0 radical (unpaired) electrons. The Labute approximate surface area is 63.4 Å². The summed E-state index contributed by atoms with van der Waals surface area (Å²) in [5.41, 5.74) is 5.64. The highest BCUT2D eigenvalue weighted by Crippen LogP contribution is 2.10. The molecule has 62 valence electrons. The standard InChI is InChI=1S/C8H19NO/c1-4-6(2)5-8(9)7(3)10/h6-8,10H,4-5,9H2,1-3H3/t6-,7+,8?/m0/s1. The smallest absolute Gasteiger partial charge is 0.0663 e. The van der Waals surface area contributed by atoms with E-state index in [1.165, 1.54) is 0 Å². The molecular weight excluding hydrogens is 126 g/mol. The second-order valence-electron chi connectivity index (χ2n) is 3.15. The lowest BCUT2D eigenvalue weighted by Gasteiger charge is -2.17. The van der Waals surface area contributed by atoms with E-state index in [1.54, 1.807) is 6.92 Å². The molecule has 0 saturated heterocycles. The molecular formula is C8H19NO. The largest absolute Gasteiger partial charge is 0.392 e. The molecule has 0 aromatic carbocycles. The van der Waals surface area contributed by atoms with Crippen LogP contribution in [0.2, 0.25) is 0 Å². The SMILES string of the molecule is CC[C@H](C)CC(N)[C@@H](C)O. The van der Waals surface area contributed by atoms with Gasteiger partial charge in [-0.3, -0.25) is 0 Å². The highest BCUT2D eigenvalue weighted by Gasteiger charge is 2.11. The van der Waals surface area contributed by atoms with Crippen molar-refractivity contribution in [3.05, 3.63) is 0 Å². The van der Waals surface area contributed by atoms with Gasteiger partial charge in [0.2, 0.25) is 0 Å². The summed E-state index contributed by atoms with van der Waals surface area (Å²) in [4.78, 5) is 0. The molecule has 3 atom stereocenters. The second kappa shape index (κ2) is 4.69. The van der Waals surface area contributed by atoms with Gasteiger partial charge in [0.25, 0.3) is 0 Å². The molecule has 0 rings (SSSR count). The number of aliphatic hydroxyl groups excluding tert-OH is 1. The van der Waals surface area contributed by atoms with Crippen molar-refractivity contribution in [3.8, 4) is 0 Å². The number of aliphatic hydroxyl groups is 1. The Hall–Kier alpha value is -0.0800. The average Bonchev–Trinajstić information content (AvgIpc) is 1.87. The molecule has 3 N–H and O–H groups in total. The third-order valence-electron chi connectivity index (χ3n) is 1.99. The van der Waals surface area contributed by atoms with Gasteiger partial charge >= 0.3 is 0 Å². The maximum atomic E-state index is 9.04. The van der Waals surface area contributed by atoms with Crippen molar-refractivity contribution in [1.29, 1.82) is 0 Å². The van der Waals surface area contributed by atoms with Gasteiger partial charge in [0.15, 0.2) is 0 Å². The van der Waals surface area contributed by atoms with Crippen LogP contribution in [0.1, 0.15) is 33.6 Å². The molecule has 0 aromatic rings. The van der Waals surface area contributed by atoms with E-state index in [9.17, 15) is 0 Å². The van der Waals surface area contributed by atoms with Crippen LogP contribution in [-0.2, 0) is 0 Å². The van der Waals surface area contributed by atoms with E-state index in [0.29, 0.717) is 5.92 Å². The first kappa shape index (κ1) is 9.92. The highest BCUT2D eigenvalue weighted by molar-refractivity contribution is 4.69. The van der Waals surface area contributed by atoms with Crippen molar-refractivity contribution in [2.24, 2.45) is 11.7 Å². The van der Waals surface area contributed by atoms with Crippen LogP contribution in [0.4, 0.5) is 0 Å². The first-order chi connectivity index (χ1) is 4.57. The lowest BCUT2D eigenvalue weighted by molar-refractivity contribution is 0.150. The van der Waals surface area contributed by atoms with Crippen molar-refractivity contribution in [1.82, 2.24) is 0 Å². The molecule has 0 aromatic heterocycles. The van der Waals surface area contributed by atoms with Gasteiger partial charge in [-0.25, -0.2) is 0 Å². The van der Waals surface area contributed by atoms with Gasteiger partial charge in [-0.15, -0.1) is 0 Å². The normalized spacial score (nSPS) is 20.1. The van der Waals surface area contributed by atoms with Crippen molar-refractivity contribution >= 4 is 0 Å². The molecule has 0 spiro atoms. The Morgan fingerprint density at radius 1 is 1.40 bits per heavy atom. The molecule has 0 fully saturated rings. The summed E-state index contributed by atoms with van der Waals surface area (Å²) in [6.45, 7) is 6.04. The minimum Gasteiger partial charge on any atom is -0.392 e. The van der Waals surface area contributed by atoms with Crippen LogP contribution in [0, 0.1) is 5.92 Å². The second-order valence-corrected chi connectivity index (χ2v) is 3.15. The minimum atomic E-state index is -0.367. The van der Waals surface area contributed by atoms with E-state index >= 15 is 0 Å². The van der Waals surface area contributed by atoms with Crippen LogP contribution in [-0.4, -0.2) is 17.3 Å². The molecule has 10 heavy (non-hydrogen) atoms. The molecule has 0 heterocycles. The lowest BCUT2D eigenvalue weighted by Crippen LogP contribution is -2.33. The van der Waals surface area contributed by atoms with Gasteiger partial charge in [0.1, 0.15) is 0 Å². The Kier molecular flexibility index (Phi) is 4.65. The average molecular weight is 145 g/mol. The van der Waals surface area contributed by atoms with Crippen molar-refractivity contribution in [3.63, 3.8) is 0 Å². The summed E-state index contributed by atoms with van der Waals surface area (Å²) in [6.07, 6.45) is 1.70. The first-order valence-electron chi connectivity index (χ1n) is 4.01. The number of rotatable bonds is 4. The highest BCUT2D eigenvalue weighted by atomic mass is 16.3. The summed E-state index contributed by atoms with van der Waals surface area (Å²) in [7, 11) is 0. The quantitative estimate of drug-likeness (QED) is 0.623. The third-order valence-corrected chi connectivity index (χ3v) is 1.99. The lowest BCUT2D eigenvalue weighted by atomic mass is 9.97. The predicted molar refractivity (Wildman–Crippen MR) is 43.7 cm³/mol. The van der Waals surface area contributed by atoms with E-state index in [1.807, 2.05) is 0 Å². The molecule has 0 aliphatic heterocycles. The fourth-order valence-corrected chi connectivity index (χ4v) is 0.828. The van der Waals surface area contributed by atoms with E-state index < -0.39 is 0 Å². The zero-order chi connectivity index (χ0) is 8.15. The molecule has 0 aliphatic carbocycles. The van der Waals surface area contributed by atoms with E-state index in [-0.39, 0.29) is 12.1 Å². The Morgan fingerprint density at radius 3 is 2.20 bits per heavy atom. The zero-order valence-corrected chi connectivity index (χ0v) is 7.17. The fourth-order valence-electron chi connectivity index (χ4n) is 0.828. The zero-order valence-electron chi connectivity index (χ0n) is 7.17. The Balaban J connectivity index is 3.46. The van der Waals surface area contributed by atoms with Crippen LogP contribution in [0.5, 0.6) is 0 Å². The molecule has 2 heteroatoms. The van der Waals surface area contributed by atoms with Gasteiger partial charge in [-0.05, 0) is 19.3 Å². The molecule has 2 nitrogen and oxygen atoms in total. The van der Waals surface area contributed by atoms with Gasteiger partial charge in [-0.2, -0.15) is 0 Å². The summed E-state index contributed by atoms with van der Waals surface area (Å²) >= 11 is 0. The Bertz CT molecular complexity index is 83.3. The summed E-state index contributed by atoms with van der Waals surface area (Å²) in [5, 5.41) is 9.04. The third kappa shape index (κ3) is 3.85. The number of hydrogen-bond acceptors (Lipinski definition) is 2. The van der Waals surface area contributed by atoms with Gasteiger partial charge in [0.05, 0.1) is 6.10 Å². The first-order valence-corrected chi connectivity index (χ1v) is 4.01. The predicted octanol–water partition coefficient (Wildman–Crippen LogP) is 1.13.